The number of hydrogen-bond acceptors (Lipinski definition) is 2. The van der Waals surface area contributed by atoms with Crippen molar-refractivity contribution in [3.05, 3.63) is 54.1 Å². The molecule has 0 aliphatic rings. The molecule has 0 aliphatic heterocycles. The molecule has 0 saturated carbocycles. The highest BCUT2D eigenvalue weighted by molar-refractivity contribution is 5.68. The molecule has 3 heteroatoms. The molecule has 3 heterocycles. The van der Waals surface area contributed by atoms with Crippen molar-refractivity contribution in [2.24, 2.45) is 0 Å². The molecule has 3 rings (SSSR count). The van der Waals surface area contributed by atoms with Gasteiger partial charge in [0.05, 0.1) is 11.7 Å². The Morgan fingerprint density at radius 2 is 2.11 bits per heavy atom. The van der Waals surface area contributed by atoms with E-state index in [-0.39, 0.29) is 0 Å². The molecular formula is C15H15N3. The summed E-state index contributed by atoms with van der Waals surface area (Å²) in [4.78, 5) is 4.33. The van der Waals surface area contributed by atoms with E-state index in [1.54, 1.807) is 0 Å². The minimum absolute atomic E-state index is 1.01. The van der Waals surface area contributed by atoms with E-state index < -0.39 is 0 Å². The zero-order chi connectivity index (χ0) is 12.5. The summed E-state index contributed by atoms with van der Waals surface area (Å²) < 4.78 is 1.95. The number of aryl methyl sites for hydroxylation is 2. The quantitative estimate of drug-likeness (QED) is 0.684. The molecule has 0 saturated heterocycles. The second-order valence-electron chi connectivity index (χ2n) is 4.41. The van der Waals surface area contributed by atoms with Crippen LogP contribution in [0.15, 0.2) is 42.9 Å². The fraction of sp³-hybridized carbons (Fsp3) is 0.200. The lowest BCUT2D eigenvalue weighted by molar-refractivity contribution is 0.962. The molecule has 3 nitrogen and oxygen atoms in total. The maximum Gasteiger partial charge on any atom is 0.0693 e. The van der Waals surface area contributed by atoms with Crippen LogP contribution < -0.4 is 0 Å². The smallest absolute Gasteiger partial charge is 0.0693 e. The molecule has 0 bridgehead atoms. The van der Waals surface area contributed by atoms with Gasteiger partial charge >= 0.3 is 0 Å². The average Bonchev–Trinajstić information content (AvgIpc) is 2.81. The predicted octanol–water partition coefficient (Wildman–Crippen LogP) is 3.27. The van der Waals surface area contributed by atoms with Crippen molar-refractivity contribution in [2.75, 3.05) is 0 Å². The Morgan fingerprint density at radius 1 is 1.22 bits per heavy atom. The first kappa shape index (κ1) is 11.0. The van der Waals surface area contributed by atoms with E-state index in [2.05, 4.69) is 41.4 Å². The maximum absolute atomic E-state index is 4.40. The summed E-state index contributed by atoms with van der Waals surface area (Å²) in [5.41, 5.74) is 5.82. The zero-order valence-electron chi connectivity index (χ0n) is 10.6. The second kappa shape index (κ2) is 4.26. The van der Waals surface area contributed by atoms with Gasteiger partial charge in [0.25, 0.3) is 0 Å². The van der Waals surface area contributed by atoms with Crippen molar-refractivity contribution in [1.82, 2.24) is 14.6 Å². The van der Waals surface area contributed by atoms with Crippen molar-refractivity contribution in [2.45, 2.75) is 20.3 Å². The Balaban J connectivity index is 2.17. The lowest BCUT2D eigenvalue weighted by Crippen LogP contribution is -1.91. The molecule has 3 aromatic rings. The van der Waals surface area contributed by atoms with E-state index in [0.29, 0.717) is 0 Å². The molecule has 18 heavy (non-hydrogen) atoms. The van der Waals surface area contributed by atoms with E-state index in [0.717, 1.165) is 23.2 Å². The van der Waals surface area contributed by atoms with Gasteiger partial charge in [0.1, 0.15) is 0 Å². The van der Waals surface area contributed by atoms with Crippen molar-refractivity contribution in [3.63, 3.8) is 0 Å². The van der Waals surface area contributed by atoms with Gasteiger partial charge < -0.3 is 0 Å². The van der Waals surface area contributed by atoms with Crippen molar-refractivity contribution < 1.29 is 0 Å². The maximum atomic E-state index is 4.40. The third-order valence-corrected chi connectivity index (χ3v) is 3.29. The van der Waals surface area contributed by atoms with Crippen LogP contribution in [0.3, 0.4) is 0 Å². The minimum Gasteiger partial charge on any atom is -0.261 e. The van der Waals surface area contributed by atoms with Crippen LogP contribution in [-0.2, 0) is 6.42 Å². The lowest BCUT2D eigenvalue weighted by Gasteiger charge is -2.05. The van der Waals surface area contributed by atoms with Gasteiger partial charge in [-0.3, -0.25) is 4.98 Å². The first-order valence-corrected chi connectivity index (χ1v) is 6.18. The summed E-state index contributed by atoms with van der Waals surface area (Å²) in [6.07, 6.45) is 6.84. The lowest BCUT2D eigenvalue weighted by atomic mass is 10.1. The number of pyridine rings is 2. The third-order valence-electron chi connectivity index (χ3n) is 3.29. The Hall–Kier alpha value is -2.16. The van der Waals surface area contributed by atoms with E-state index in [1.807, 2.05) is 29.9 Å². The van der Waals surface area contributed by atoms with Crippen LogP contribution >= 0.6 is 0 Å². The first-order chi connectivity index (χ1) is 8.79. The Kier molecular flexibility index (Phi) is 2.59. The van der Waals surface area contributed by atoms with E-state index in [1.165, 1.54) is 11.1 Å². The number of rotatable bonds is 2. The fourth-order valence-corrected chi connectivity index (χ4v) is 2.26. The SMILES string of the molecule is CCc1cnn2cc(-c3cccnc3C)ccc12. The molecule has 0 radical (unpaired) electrons. The highest BCUT2D eigenvalue weighted by Crippen LogP contribution is 2.23. The summed E-state index contributed by atoms with van der Waals surface area (Å²) in [5, 5.41) is 4.40. The number of fused-ring (bicyclic) bond motifs is 1. The summed E-state index contributed by atoms with van der Waals surface area (Å²) in [5.74, 6) is 0. The molecule has 0 aromatic carbocycles. The standard InChI is InChI=1S/C15H15N3/c1-3-12-9-17-18-10-13(6-7-15(12)18)14-5-4-8-16-11(14)2/h4-10H,3H2,1-2H3. The van der Waals surface area contributed by atoms with E-state index in [9.17, 15) is 0 Å². The van der Waals surface area contributed by atoms with Gasteiger partial charge in [0.15, 0.2) is 0 Å². The van der Waals surface area contributed by atoms with Crippen LogP contribution in [0.1, 0.15) is 18.2 Å². The molecular weight excluding hydrogens is 222 g/mol. The molecule has 0 atom stereocenters. The van der Waals surface area contributed by atoms with Gasteiger partial charge in [-0.25, -0.2) is 4.52 Å². The third kappa shape index (κ3) is 1.68. The predicted molar refractivity (Wildman–Crippen MR) is 72.5 cm³/mol. The normalized spacial score (nSPS) is 11.0. The van der Waals surface area contributed by atoms with Crippen molar-refractivity contribution in [1.29, 1.82) is 0 Å². The summed E-state index contributed by atoms with van der Waals surface area (Å²) in [6.45, 7) is 4.18. The molecule has 0 aliphatic carbocycles. The Morgan fingerprint density at radius 3 is 2.89 bits per heavy atom. The van der Waals surface area contributed by atoms with Gasteiger partial charge in [0.2, 0.25) is 0 Å². The summed E-state index contributed by atoms with van der Waals surface area (Å²) in [7, 11) is 0. The number of aromatic nitrogens is 3. The topological polar surface area (TPSA) is 30.2 Å². The molecule has 0 unspecified atom stereocenters. The highest BCUT2D eigenvalue weighted by atomic mass is 15.2. The molecule has 0 fully saturated rings. The van der Waals surface area contributed by atoms with Crippen LogP contribution in [0.5, 0.6) is 0 Å². The van der Waals surface area contributed by atoms with Gasteiger partial charge in [-0.1, -0.05) is 19.1 Å². The largest absolute Gasteiger partial charge is 0.261 e. The van der Waals surface area contributed by atoms with Crippen LogP contribution in [0, 0.1) is 6.92 Å². The summed E-state index contributed by atoms with van der Waals surface area (Å²) in [6, 6.07) is 8.33. The molecule has 0 N–H and O–H groups in total. The number of nitrogens with zero attached hydrogens (tertiary/aromatic N) is 3. The molecule has 0 amide bonds. The van der Waals surface area contributed by atoms with Crippen LogP contribution in [0.2, 0.25) is 0 Å². The van der Waals surface area contributed by atoms with Gasteiger partial charge in [-0.05, 0) is 31.0 Å². The Labute approximate surface area is 106 Å². The second-order valence-corrected chi connectivity index (χ2v) is 4.41. The fourth-order valence-electron chi connectivity index (χ4n) is 2.26. The van der Waals surface area contributed by atoms with Crippen molar-refractivity contribution in [3.8, 4) is 11.1 Å². The van der Waals surface area contributed by atoms with E-state index >= 15 is 0 Å². The molecule has 0 spiro atoms. The number of hydrogen-bond donors (Lipinski definition) is 0. The molecule has 3 aromatic heterocycles. The van der Waals surface area contributed by atoms with Gasteiger partial charge in [-0.15, -0.1) is 0 Å². The highest BCUT2D eigenvalue weighted by Gasteiger charge is 2.06. The van der Waals surface area contributed by atoms with Gasteiger partial charge in [-0.2, -0.15) is 5.10 Å². The Bertz CT molecular complexity index is 698. The first-order valence-electron chi connectivity index (χ1n) is 6.18. The zero-order valence-corrected chi connectivity index (χ0v) is 10.6. The van der Waals surface area contributed by atoms with Crippen LogP contribution in [0.4, 0.5) is 0 Å². The average molecular weight is 237 g/mol. The molecule has 90 valence electrons. The van der Waals surface area contributed by atoms with E-state index in [4.69, 9.17) is 0 Å². The minimum atomic E-state index is 1.01. The summed E-state index contributed by atoms with van der Waals surface area (Å²) >= 11 is 0. The van der Waals surface area contributed by atoms with Crippen LogP contribution in [-0.4, -0.2) is 14.6 Å². The van der Waals surface area contributed by atoms with Crippen LogP contribution in [0.25, 0.3) is 16.6 Å². The van der Waals surface area contributed by atoms with Crippen molar-refractivity contribution >= 4 is 5.52 Å². The van der Waals surface area contributed by atoms with Gasteiger partial charge in [0, 0.05) is 29.2 Å². The monoisotopic (exact) mass is 237 g/mol.